The second kappa shape index (κ2) is 21.7. The van der Waals surface area contributed by atoms with Gasteiger partial charge in [-0.2, -0.15) is 9.97 Å². The van der Waals surface area contributed by atoms with Gasteiger partial charge in [-0.1, -0.05) is 30.7 Å². The Balaban J connectivity index is 0.000000190. The third-order valence-corrected chi connectivity index (χ3v) is 14.7. The topological polar surface area (TPSA) is 215 Å². The van der Waals surface area contributed by atoms with Crippen LogP contribution in [0.3, 0.4) is 0 Å². The molecule has 4 aromatic carbocycles. The Hall–Kier alpha value is -8.05. The number of hydrogen-bond donors (Lipinski definition) is 4. The molecule has 6 heterocycles. The number of carbonyl (C=O) groups is 4. The Kier molecular flexibility index (Phi) is 15.0. The zero-order valence-electron chi connectivity index (χ0n) is 42.2. The van der Waals surface area contributed by atoms with Gasteiger partial charge in [-0.15, -0.1) is 0 Å². The average molecular weight is 1060 g/mol. The first kappa shape index (κ1) is 52.8. The maximum absolute atomic E-state index is 15.1. The zero-order valence-corrected chi connectivity index (χ0v) is 43.0. The van der Waals surface area contributed by atoms with Gasteiger partial charge >= 0.3 is 12.1 Å². The van der Waals surface area contributed by atoms with Crippen LogP contribution in [0.4, 0.5) is 56.1 Å². The Morgan fingerprint density at radius 1 is 0.618 bits per heavy atom. The summed E-state index contributed by atoms with van der Waals surface area (Å²) >= 11 is 0. The van der Waals surface area contributed by atoms with Gasteiger partial charge in [0.2, 0.25) is 20.9 Å². The first-order valence-electron chi connectivity index (χ1n) is 24.6. The molecule has 4 aliphatic heterocycles. The lowest BCUT2D eigenvalue weighted by Crippen LogP contribution is -2.47. The van der Waals surface area contributed by atoms with Gasteiger partial charge in [0.1, 0.15) is 34.6 Å². The maximum Gasteiger partial charge on any atom is 0.328 e. The highest BCUT2D eigenvalue weighted by atomic mass is 32.2. The van der Waals surface area contributed by atoms with Crippen molar-refractivity contribution in [2.75, 3.05) is 61.2 Å². The van der Waals surface area contributed by atoms with E-state index in [4.69, 9.17) is 9.97 Å². The molecule has 0 spiro atoms. The molecule has 18 nitrogen and oxygen atoms in total. The van der Waals surface area contributed by atoms with Crippen LogP contribution in [0.25, 0.3) is 22.5 Å². The largest absolute Gasteiger partial charge is 0.355 e. The molecule has 396 valence electrons. The van der Waals surface area contributed by atoms with Crippen molar-refractivity contribution in [3.05, 3.63) is 129 Å². The van der Waals surface area contributed by atoms with Gasteiger partial charge in [-0.3, -0.25) is 9.59 Å². The number of anilines is 5. The normalized spacial score (nSPS) is 15.9. The van der Waals surface area contributed by atoms with Crippen LogP contribution in [-0.4, -0.2) is 110 Å². The summed E-state index contributed by atoms with van der Waals surface area (Å²) in [5.41, 5.74) is 3.49. The molecule has 23 heteroatoms. The summed E-state index contributed by atoms with van der Waals surface area (Å²) in [5, 5.41) is 9.78. The smallest absolute Gasteiger partial charge is 0.328 e. The number of aromatic nitrogens is 4. The monoisotopic (exact) mass is 1060 g/mol. The molecule has 76 heavy (non-hydrogen) atoms. The summed E-state index contributed by atoms with van der Waals surface area (Å²) in [6, 6.07) is 15.6. The minimum Gasteiger partial charge on any atom is -0.355 e. The van der Waals surface area contributed by atoms with Crippen LogP contribution in [0.2, 0.25) is 0 Å². The van der Waals surface area contributed by atoms with Crippen LogP contribution in [-0.2, 0) is 22.9 Å². The highest BCUT2D eigenvalue weighted by molar-refractivity contribution is 7.90. The molecule has 4 N–H and O–H groups in total. The number of aryl methyl sites for hydroxylation is 2. The molecule has 4 aliphatic rings. The van der Waals surface area contributed by atoms with E-state index < -0.39 is 61.7 Å². The number of nitrogens with one attached hydrogen (secondary N) is 4. The number of benzene rings is 4. The van der Waals surface area contributed by atoms with Crippen molar-refractivity contribution >= 4 is 62.7 Å². The Bertz CT molecular complexity index is 3390. The number of hydrogen-bond acceptors (Lipinski definition) is 12. The molecule has 0 saturated carbocycles. The molecular formula is C53H54F4N12O6S. The molecular weight excluding hydrogens is 1010 g/mol. The van der Waals surface area contributed by atoms with Gasteiger partial charge in [-0.05, 0) is 112 Å². The SMILES string of the molecule is CNC(=O)c1ccc(C)c(-c2nc(N3CCC(N4CCCCC4)CC3)nc3c2CNC(=O)N3c2c(F)cccc2F)c1.CNC(=O)c1ccc(C)c(-c2nc(S(C)(=O)=O)nc3c2CNC(=O)N3c2c(F)cccc2F)c1. The summed E-state index contributed by atoms with van der Waals surface area (Å²) in [4.78, 5) is 75.0. The number of urea groups is 2. The number of nitrogens with zero attached hydrogens (tertiary/aromatic N) is 8. The molecule has 2 aromatic heterocycles. The molecule has 10 rings (SSSR count). The quantitative estimate of drug-likeness (QED) is 0.0808. The first-order valence-corrected chi connectivity index (χ1v) is 26.5. The molecule has 2 fully saturated rings. The number of carbonyl (C=O) groups excluding carboxylic acids is 4. The highest BCUT2D eigenvalue weighted by Gasteiger charge is 2.38. The summed E-state index contributed by atoms with van der Waals surface area (Å²) in [6.45, 7) is 7.27. The molecule has 0 bridgehead atoms. The van der Waals surface area contributed by atoms with Crippen molar-refractivity contribution in [2.24, 2.45) is 0 Å². The Morgan fingerprint density at radius 3 is 1.51 bits per heavy atom. The van der Waals surface area contributed by atoms with Gasteiger partial charge in [0.05, 0.1) is 24.5 Å². The van der Waals surface area contributed by atoms with E-state index in [0.29, 0.717) is 50.4 Å². The van der Waals surface area contributed by atoms with E-state index in [-0.39, 0.29) is 53.4 Å². The van der Waals surface area contributed by atoms with Crippen LogP contribution < -0.4 is 36.0 Å². The second-order valence-corrected chi connectivity index (χ2v) is 20.7. The maximum atomic E-state index is 15.1. The van der Waals surface area contributed by atoms with E-state index in [1.807, 2.05) is 13.0 Å². The van der Waals surface area contributed by atoms with Crippen molar-refractivity contribution in [3.63, 3.8) is 0 Å². The highest BCUT2D eigenvalue weighted by Crippen LogP contribution is 2.42. The van der Waals surface area contributed by atoms with Crippen LogP contribution >= 0.6 is 0 Å². The molecule has 0 radical (unpaired) electrons. The number of rotatable bonds is 9. The summed E-state index contributed by atoms with van der Waals surface area (Å²) in [7, 11) is -0.971. The predicted octanol–water partition coefficient (Wildman–Crippen LogP) is 7.76. The fraction of sp³-hybridized carbons (Fsp3) is 0.321. The van der Waals surface area contributed by atoms with E-state index in [2.05, 4.69) is 41.0 Å². The number of likely N-dealkylation sites (tertiary alicyclic amines) is 1. The number of halogens is 4. The lowest BCUT2D eigenvalue weighted by atomic mass is 9.97. The van der Waals surface area contributed by atoms with Gasteiger partial charge in [-0.25, -0.2) is 55.3 Å². The number of para-hydroxylation sites is 2. The van der Waals surface area contributed by atoms with E-state index in [9.17, 15) is 36.4 Å². The predicted molar refractivity (Wildman–Crippen MR) is 276 cm³/mol. The summed E-state index contributed by atoms with van der Waals surface area (Å²) in [6.07, 6.45) is 6.53. The molecule has 0 atom stereocenters. The fourth-order valence-electron chi connectivity index (χ4n) is 9.90. The Morgan fingerprint density at radius 2 is 1.07 bits per heavy atom. The number of sulfone groups is 1. The van der Waals surface area contributed by atoms with Crippen LogP contribution in [0.15, 0.2) is 78.0 Å². The standard InChI is InChI=1S/C31H35F2N7O2.C22H19F2N5O4S/c1-19-9-10-20(29(41)34-2)17-22(19)26-23-18-35-31(42)40(27-24(32)7-6-8-25(27)33)28(23)37-30(36-26)39-15-11-21(12-16-39)38-13-4-3-5-14-38;1-11-7-8-12(20(30)25-2)9-13(11)17-14-10-26-22(31)29(18-15(23)5-4-6-16(18)24)19(14)28-21(27-17)34(3,32)33/h6-10,17,21H,3-5,11-16,18H2,1-2H3,(H,34,41)(H,35,42);4-9H,10H2,1-3H3,(H,25,30)(H,26,31). The van der Waals surface area contributed by atoms with Gasteiger partial charge in [0.25, 0.3) is 11.8 Å². The number of piperidine rings is 2. The summed E-state index contributed by atoms with van der Waals surface area (Å²) in [5.74, 6) is -4.21. The van der Waals surface area contributed by atoms with E-state index in [1.165, 1.54) is 38.4 Å². The molecule has 0 unspecified atom stereocenters. The Labute approximate surface area is 435 Å². The van der Waals surface area contributed by atoms with Gasteiger partial charge < -0.3 is 31.1 Å². The van der Waals surface area contributed by atoms with Crippen molar-refractivity contribution in [1.82, 2.24) is 46.1 Å². The van der Waals surface area contributed by atoms with E-state index in [0.717, 1.165) is 86.1 Å². The van der Waals surface area contributed by atoms with Gasteiger partial charge in [0, 0.05) is 72.9 Å². The number of fused-ring (bicyclic) bond motifs is 2. The minimum absolute atomic E-state index is 0.0665. The first-order chi connectivity index (χ1) is 36.4. The fourth-order valence-corrected chi connectivity index (χ4v) is 10.4. The van der Waals surface area contributed by atoms with Crippen molar-refractivity contribution in [2.45, 2.75) is 70.2 Å². The lowest BCUT2D eigenvalue weighted by Gasteiger charge is -2.40. The third-order valence-electron chi connectivity index (χ3n) is 13.9. The third kappa shape index (κ3) is 10.4. The average Bonchev–Trinajstić information content (AvgIpc) is 3.44. The van der Waals surface area contributed by atoms with Crippen LogP contribution in [0.1, 0.15) is 75.1 Å². The second-order valence-electron chi connectivity index (χ2n) is 18.8. The lowest BCUT2D eigenvalue weighted by molar-refractivity contribution is 0.0955. The summed E-state index contributed by atoms with van der Waals surface area (Å²) < 4.78 is 84.3. The number of amides is 6. The van der Waals surface area contributed by atoms with Crippen molar-refractivity contribution in [1.29, 1.82) is 0 Å². The van der Waals surface area contributed by atoms with E-state index in [1.54, 1.807) is 38.2 Å². The molecule has 6 aromatic rings. The van der Waals surface area contributed by atoms with Crippen molar-refractivity contribution < 1.29 is 45.2 Å². The minimum atomic E-state index is -4.00. The molecule has 2 saturated heterocycles. The van der Waals surface area contributed by atoms with Crippen LogP contribution in [0, 0.1) is 37.1 Å². The molecule has 6 amide bonds. The van der Waals surface area contributed by atoms with E-state index >= 15 is 8.78 Å². The van der Waals surface area contributed by atoms with Crippen LogP contribution in [0.5, 0.6) is 0 Å². The molecule has 0 aliphatic carbocycles. The van der Waals surface area contributed by atoms with Gasteiger partial charge in [0.15, 0.2) is 11.6 Å². The van der Waals surface area contributed by atoms with Crippen molar-refractivity contribution in [3.8, 4) is 22.5 Å². The zero-order chi connectivity index (χ0) is 54.2.